The minimum Gasteiger partial charge on any atom is -0.399 e. The molecule has 1 aliphatic rings. The smallest absolute Gasteiger partial charge is 0.304 e. The second kappa shape index (κ2) is 8.52. The molecule has 4 heteroatoms. The molecule has 0 unspecified atom stereocenters. The van der Waals surface area contributed by atoms with Gasteiger partial charge >= 0.3 is 10.0 Å². The lowest BCUT2D eigenvalue weighted by molar-refractivity contribution is 0.240. The first-order valence-corrected chi connectivity index (χ1v) is 5.69. The van der Waals surface area contributed by atoms with Gasteiger partial charge < -0.3 is 8.85 Å². The van der Waals surface area contributed by atoms with E-state index in [4.69, 9.17) is 20.5 Å². The molecular weight excluding hydrogens is 180 g/mol. The Hall–Kier alpha value is 0.427. The number of hydrogen-bond acceptors (Lipinski definition) is 2. The Morgan fingerprint density at radius 1 is 1.27 bits per heavy atom. The highest BCUT2D eigenvalue weighted by molar-refractivity contribution is 6.22. The van der Waals surface area contributed by atoms with Crippen LogP contribution in [0.5, 0.6) is 0 Å². The summed E-state index contributed by atoms with van der Waals surface area (Å²) in [7, 11) is -0.589. The van der Waals surface area contributed by atoms with Crippen molar-refractivity contribution in [1.29, 1.82) is 0 Å². The topological polar surface area (TPSA) is 18.5 Å². The Balaban J connectivity index is 0.000000207. The van der Waals surface area contributed by atoms with E-state index in [1.165, 1.54) is 12.8 Å². The van der Waals surface area contributed by atoms with Crippen molar-refractivity contribution in [3.8, 4) is 0 Å². The van der Waals surface area contributed by atoms with E-state index in [2.05, 4.69) is 0 Å². The molecule has 0 aromatic heterocycles. The van der Waals surface area contributed by atoms with Gasteiger partial charge in [-0.3, -0.25) is 0 Å². The maximum absolute atomic E-state index is 5.39. The predicted octanol–water partition coefficient (Wildman–Crippen LogP) is 1.45. The second-order valence-electron chi connectivity index (χ2n) is 2.28. The average molecular weight is 197 g/mol. The molecule has 0 atom stereocenters. The van der Waals surface area contributed by atoms with Crippen molar-refractivity contribution >= 4 is 21.6 Å². The standard InChI is InChI=1S/C4H12O2Si.C3H5Cl/c1-3-5-7-6-4-2;4-3-1-2-3/h3-4,7H2,1-2H3;3H,1-2H2. The average Bonchev–Trinajstić information content (AvgIpc) is 2.75. The van der Waals surface area contributed by atoms with E-state index < -0.39 is 10.0 Å². The van der Waals surface area contributed by atoms with Crippen LogP contribution in [0.1, 0.15) is 26.7 Å². The van der Waals surface area contributed by atoms with E-state index in [1.54, 1.807) is 0 Å². The van der Waals surface area contributed by atoms with Crippen LogP contribution in [0.2, 0.25) is 0 Å². The minimum absolute atomic E-state index is 0.556. The molecule has 0 N–H and O–H groups in total. The lowest BCUT2D eigenvalue weighted by Crippen LogP contribution is -2.02. The van der Waals surface area contributed by atoms with Crippen molar-refractivity contribution < 1.29 is 8.85 Å². The number of halogens is 1. The molecule has 0 aromatic carbocycles. The lowest BCUT2D eigenvalue weighted by atomic mass is 10.9. The van der Waals surface area contributed by atoms with E-state index in [1.807, 2.05) is 13.8 Å². The molecule has 11 heavy (non-hydrogen) atoms. The fourth-order valence-corrected chi connectivity index (χ4v) is 0.866. The van der Waals surface area contributed by atoms with E-state index in [9.17, 15) is 0 Å². The van der Waals surface area contributed by atoms with Gasteiger partial charge in [0.25, 0.3) is 0 Å². The fourth-order valence-electron chi connectivity index (χ4n) is 0.289. The highest BCUT2D eigenvalue weighted by Gasteiger charge is 2.15. The van der Waals surface area contributed by atoms with Gasteiger partial charge in [0.15, 0.2) is 0 Å². The molecule has 0 saturated heterocycles. The molecular formula is C7H17ClO2Si. The van der Waals surface area contributed by atoms with Crippen molar-refractivity contribution in [2.45, 2.75) is 32.1 Å². The molecule has 1 aliphatic carbocycles. The Morgan fingerprint density at radius 2 is 1.64 bits per heavy atom. The van der Waals surface area contributed by atoms with E-state index in [0.29, 0.717) is 5.38 Å². The maximum atomic E-state index is 5.39. The van der Waals surface area contributed by atoms with Gasteiger partial charge in [0.1, 0.15) is 0 Å². The molecule has 0 bridgehead atoms. The van der Waals surface area contributed by atoms with Crippen LogP contribution >= 0.6 is 11.6 Å². The van der Waals surface area contributed by atoms with Crippen LogP contribution < -0.4 is 0 Å². The maximum Gasteiger partial charge on any atom is 0.304 e. The molecule has 1 rings (SSSR count). The number of hydrogen-bond donors (Lipinski definition) is 0. The summed E-state index contributed by atoms with van der Waals surface area (Å²) in [6.07, 6.45) is 2.50. The van der Waals surface area contributed by atoms with Gasteiger partial charge in [0.2, 0.25) is 0 Å². The highest BCUT2D eigenvalue weighted by Crippen LogP contribution is 2.25. The summed E-state index contributed by atoms with van der Waals surface area (Å²) in [6, 6.07) is 0. The van der Waals surface area contributed by atoms with Crippen molar-refractivity contribution in [3.05, 3.63) is 0 Å². The van der Waals surface area contributed by atoms with Crippen LogP contribution in [-0.4, -0.2) is 28.6 Å². The summed E-state index contributed by atoms with van der Waals surface area (Å²) in [5.41, 5.74) is 0. The molecule has 0 amide bonds. The first-order valence-electron chi connectivity index (χ1n) is 4.10. The Morgan fingerprint density at radius 3 is 1.82 bits per heavy atom. The minimum atomic E-state index is -0.589. The number of alkyl halides is 1. The van der Waals surface area contributed by atoms with E-state index in [0.717, 1.165) is 13.2 Å². The van der Waals surface area contributed by atoms with Gasteiger partial charge in [0.05, 0.1) is 0 Å². The Bertz CT molecular complexity index is 74.8. The third-order valence-electron chi connectivity index (χ3n) is 1.08. The van der Waals surface area contributed by atoms with Crippen LogP contribution in [0, 0.1) is 0 Å². The van der Waals surface area contributed by atoms with Crippen LogP contribution in [0.4, 0.5) is 0 Å². The summed E-state index contributed by atoms with van der Waals surface area (Å²) in [4.78, 5) is 0. The fraction of sp³-hybridized carbons (Fsp3) is 1.00. The van der Waals surface area contributed by atoms with Crippen molar-refractivity contribution in [2.24, 2.45) is 0 Å². The zero-order chi connectivity index (χ0) is 8.53. The first-order chi connectivity index (χ1) is 5.31. The molecule has 0 heterocycles. The van der Waals surface area contributed by atoms with Gasteiger partial charge in [0, 0.05) is 18.6 Å². The molecule has 0 aromatic rings. The van der Waals surface area contributed by atoms with Crippen LogP contribution in [-0.2, 0) is 8.85 Å². The molecule has 68 valence electrons. The predicted molar refractivity (Wildman–Crippen MR) is 50.7 cm³/mol. The summed E-state index contributed by atoms with van der Waals surface area (Å²) < 4.78 is 9.98. The summed E-state index contributed by atoms with van der Waals surface area (Å²) in [5.74, 6) is 0. The quantitative estimate of drug-likeness (QED) is 0.385. The summed E-state index contributed by atoms with van der Waals surface area (Å²) in [6.45, 7) is 5.55. The molecule has 1 fully saturated rings. The zero-order valence-corrected chi connectivity index (χ0v) is 9.48. The van der Waals surface area contributed by atoms with Gasteiger partial charge in [-0.05, 0) is 26.7 Å². The summed E-state index contributed by atoms with van der Waals surface area (Å²) >= 11 is 5.39. The van der Waals surface area contributed by atoms with Gasteiger partial charge in [-0.25, -0.2) is 0 Å². The van der Waals surface area contributed by atoms with Crippen LogP contribution in [0.25, 0.3) is 0 Å². The van der Waals surface area contributed by atoms with Gasteiger partial charge in [-0.15, -0.1) is 11.6 Å². The largest absolute Gasteiger partial charge is 0.399 e. The third kappa shape index (κ3) is 13.4. The second-order valence-corrected chi connectivity index (χ2v) is 3.95. The molecule has 2 nitrogen and oxygen atoms in total. The highest BCUT2D eigenvalue weighted by atomic mass is 35.5. The summed E-state index contributed by atoms with van der Waals surface area (Å²) in [5, 5.41) is 0.556. The normalized spacial score (nSPS) is 15.5. The van der Waals surface area contributed by atoms with Crippen molar-refractivity contribution in [1.82, 2.24) is 0 Å². The van der Waals surface area contributed by atoms with Gasteiger partial charge in [-0.2, -0.15) is 0 Å². The zero-order valence-electron chi connectivity index (χ0n) is 7.31. The Labute approximate surface area is 76.3 Å². The third-order valence-corrected chi connectivity index (χ3v) is 2.67. The van der Waals surface area contributed by atoms with Crippen molar-refractivity contribution in [2.75, 3.05) is 13.2 Å². The molecule has 0 radical (unpaired) electrons. The Kier molecular flexibility index (Phi) is 8.85. The van der Waals surface area contributed by atoms with E-state index in [-0.39, 0.29) is 0 Å². The lowest BCUT2D eigenvalue weighted by Gasteiger charge is -1.96. The first kappa shape index (κ1) is 11.4. The van der Waals surface area contributed by atoms with Crippen molar-refractivity contribution in [3.63, 3.8) is 0 Å². The van der Waals surface area contributed by atoms with E-state index >= 15 is 0 Å². The molecule has 0 aliphatic heterocycles. The molecule has 1 saturated carbocycles. The van der Waals surface area contributed by atoms with Crippen LogP contribution in [0.15, 0.2) is 0 Å². The molecule has 0 spiro atoms. The SMILES string of the molecule is CCO[SiH2]OCC.ClC1CC1. The number of rotatable bonds is 4. The monoisotopic (exact) mass is 196 g/mol. The van der Waals surface area contributed by atoms with Crippen LogP contribution in [0.3, 0.4) is 0 Å². The van der Waals surface area contributed by atoms with Gasteiger partial charge in [-0.1, -0.05) is 0 Å².